The highest BCUT2D eigenvalue weighted by molar-refractivity contribution is 7.07. The number of rotatable bonds is 2. The zero-order valence-corrected chi connectivity index (χ0v) is 12.8. The van der Waals surface area contributed by atoms with Crippen LogP contribution >= 0.6 is 11.3 Å². The van der Waals surface area contributed by atoms with E-state index in [1.165, 1.54) is 0 Å². The maximum atomic E-state index is 12.3. The molecule has 1 saturated heterocycles. The van der Waals surface area contributed by atoms with Gasteiger partial charge in [0.15, 0.2) is 0 Å². The third-order valence-electron chi connectivity index (χ3n) is 3.76. The van der Waals surface area contributed by atoms with Gasteiger partial charge >= 0.3 is 6.03 Å². The summed E-state index contributed by atoms with van der Waals surface area (Å²) in [6.45, 7) is 0.702. The Kier molecular flexibility index (Phi) is 4.39. The van der Waals surface area contributed by atoms with E-state index < -0.39 is 0 Å². The molecule has 2 N–H and O–H groups in total. The fourth-order valence-corrected chi connectivity index (χ4v) is 3.37. The molecule has 3 amide bonds. The second-order valence-electron chi connectivity index (χ2n) is 5.16. The largest absolute Gasteiger partial charge is 0.336 e. The van der Waals surface area contributed by atoms with Crippen LogP contribution in [-0.2, 0) is 0 Å². The average Bonchev–Trinajstić information content (AvgIpc) is 3.23. The SMILES string of the molecule is O=C(NNC(=O)N1CCC[C@@H]1c1ccsc1)c1ccccc1. The van der Waals surface area contributed by atoms with Gasteiger partial charge in [0.1, 0.15) is 0 Å². The highest BCUT2D eigenvalue weighted by Crippen LogP contribution is 2.32. The molecule has 1 fully saturated rings. The van der Waals surface area contributed by atoms with Crippen molar-refractivity contribution in [2.45, 2.75) is 18.9 Å². The summed E-state index contributed by atoms with van der Waals surface area (Å²) in [6.07, 6.45) is 1.93. The van der Waals surface area contributed by atoms with E-state index in [2.05, 4.69) is 16.2 Å². The zero-order valence-electron chi connectivity index (χ0n) is 12.0. The lowest BCUT2D eigenvalue weighted by molar-refractivity contribution is 0.0929. The molecular weight excluding hydrogens is 298 g/mol. The molecule has 0 saturated carbocycles. The molecule has 114 valence electrons. The summed E-state index contributed by atoms with van der Waals surface area (Å²) in [4.78, 5) is 26.0. The van der Waals surface area contributed by atoms with Crippen LogP contribution in [0.15, 0.2) is 47.2 Å². The number of amides is 3. The quantitative estimate of drug-likeness (QED) is 0.837. The third-order valence-corrected chi connectivity index (χ3v) is 4.46. The lowest BCUT2D eigenvalue weighted by atomic mass is 10.1. The molecular formula is C16H17N3O2S. The first-order valence-corrected chi connectivity index (χ1v) is 8.14. The van der Waals surface area contributed by atoms with E-state index >= 15 is 0 Å². The molecule has 3 rings (SSSR count). The first-order valence-electron chi connectivity index (χ1n) is 7.20. The van der Waals surface area contributed by atoms with Crippen molar-refractivity contribution in [1.29, 1.82) is 0 Å². The minimum atomic E-state index is -0.319. The van der Waals surface area contributed by atoms with Crippen molar-refractivity contribution < 1.29 is 9.59 Å². The third kappa shape index (κ3) is 3.12. The van der Waals surface area contributed by atoms with Gasteiger partial charge in [-0.2, -0.15) is 11.3 Å². The van der Waals surface area contributed by atoms with Crippen molar-refractivity contribution in [3.8, 4) is 0 Å². The predicted octanol–water partition coefficient (Wildman–Crippen LogP) is 2.94. The summed E-state index contributed by atoms with van der Waals surface area (Å²) in [7, 11) is 0. The van der Waals surface area contributed by atoms with Crippen molar-refractivity contribution in [2.24, 2.45) is 0 Å². The molecule has 6 heteroatoms. The number of hydrogen-bond donors (Lipinski definition) is 2. The van der Waals surface area contributed by atoms with Gasteiger partial charge in [0.2, 0.25) is 0 Å². The van der Waals surface area contributed by atoms with E-state index in [1.807, 2.05) is 17.5 Å². The molecule has 1 aliphatic heterocycles. The molecule has 2 heterocycles. The summed E-state index contributed by atoms with van der Waals surface area (Å²) < 4.78 is 0. The Morgan fingerprint density at radius 3 is 2.68 bits per heavy atom. The molecule has 1 aromatic heterocycles. The van der Waals surface area contributed by atoms with Gasteiger partial charge in [0.05, 0.1) is 6.04 Å². The van der Waals surface area contributed by atoms with Gasteiger partial charge in [-0.05, 0) is 47.4 Å². The first kappa shape index (κ1) is 14.6. The number of likely N-dealkylation sites (tertiary alicyclic amines) is 1. The van der Waals surface area contributed by atoms with Gasteiger partial charge in [-0.15, -0.1) is 0 Å². The molecule has 0 aliphatic carbocycles. The van der Waals surface area contributed by atoms with E-state index in [-0.39, 0.29) is 18.0 Å². The van der Waals surface area contributed by atoms with Crippen LogP contribution in [0.3, 0.4) is 0 Å². The van der Waals surface area contributed by atoms with Gasteiger partial charge in [-0.3, -0.25) is 10.2 Å². The van der Waals surface area contributed by atoms with Gasteiger partial charge in [0, 0.05) is 12.1 Å². The first-order chi connectivity index (χ1) is 10.8. The van der Waals surface area contributed by atoms with Crippen LogP contribution in [-0.4, -0.2) is 23.4 Å². The maximum Gasteiger partial charge on any atom is 0.336 e. The normalized spacial score (nSPS) is 17.3. The van der Waals surface area contributed by atoms with Crippen molar-refractivity contribution in [2.75, 3.05) is 6.54 Å². The van der Waals surface area contributed by atoms with Gasteiger partial charge in [-0.25, -0.2) is 10.2 Å². The number of carbonyl (C=O) groups is 2. The average molecular weight is 315 g/mol. The van der Waals surface area contributed by atoms with Gasteiger partial charge < -0.3 is 4.90 Å². The molecule has 0 radical (unpaired) electrons. The van der Waals surface area contributed by atoms with E-state index in [9.17, 15) is 9.59 Å². The van der Waals surface area contributed by atoms with Crippen molar-refractivity contribution in [3.05, 3.63) is 58.3 Å². The minimum Gasteiger partial charge on any atom is -0.316 e. The number of urea groups is 1. The molecule has 1 aliphatic rings. The standard InChI is InChI=1S/C16H17N3O2S/c20-15(12-5-2-1-3-6-12)17-18-16(21)19-9-4-7-14(19)13-8-10-22-11-13/h1-3,5-6,8,10-11,14H,4,7,9H2,(H,17,20)(H,18,21)/t14-/m1/s1. The molecule has 1 aromatic carbocycles. The Labute approximate surface area is 132 Å². The van der Waals surface area contributed by atoms with Crippen LogP contribution in [0.1, 0.15) is 34.8 Å². The van der Waals surface area contributed by atoms with Crippen LogP contribution in [0.5, 0.6) is 0 Å². The fourth-order valence-electron chi connectivity index (χ4n) is 2.66. The number of nitrogens with zero attached hydrogens (tertiary/aromatic N) is 1. The van der Waals surface area contributed by atoms with Crippen LogP contribution in [0.25, 0.3) is 0 Å². The number of hydrazine groups is 1. The van der Waals surface area contributed by atoms with Crippen molar-refractivity contribution in [1.82, 2.24) is 15.8 Å². The summed E-state index contributed by atoms with van der Waals surface area (Å²) >= 11 is 1.63. The molecule has 0 unspecified atom stereocenters. The Bertz CT molecular complexity index is 643. The molecule has 0 bridgehead atoms. The fraction of sp³-hybridized carbons (Fsp3) is 0.250. The van der Waals surface area contributed by atoms with Crippen LogP contribution in [0.4, 0.5) is 4.79 Å². The summed E-state index contributed by atoms with van der Waals surface area (Å²) in [5, 5.41) is 4.08. The Morgan fingerprint density at radius 2 is 1.95 bits per heavy atom. The molecule has 5 nitrogen and oxygen atoms in total. The number of nitrogens with one attached hydrogen (secondary N) is 2. The van der Waals surface area contributed by atoms with Crippen LogP contribution in [0, 0.1) is 0 Å². The summed E-state index contributed by atoms with van der Waals surface area (Å²) in [6, 6.07) is 10.7. The molecule has 0 spiro atoms. The molecule has 1 atom stereocenters. The number of benzene rings is 1. The number of carbonyl (C=O) groups excluding carboxylic acids is 2. The van der Waals surface area contributed by atoms with E-state index in [0.29, 0.717) is 12.1 Å². The van der Waals surface area contributed by atoms with Gasteiger partial charge in [-0.1, -0.05) is 18.2 Å². The van der Waals surface area contributed by atoms with E-state index in [4.69, 9.17) is 0 Å². The lowest BCUT2D eigenvalue weighted by Crippen LogP contribution is -2.48. The number of thiophene rings is 1. The van der Waals surface area contributed by atoms with Crippen LogP contribution < -0.4 is 10.9 Å². The Balaban J connectivity index is 1.59. The monoisotopic (exact) mass is 315 g/mol. The van der Waals surface area contributed by atoms with Crippen molar-refractivity contribution in [3.63, 3.8) is 0 Å². The van der Waals surface area contributed by atoms with Gasteiger partial charge in [0.25, 0.3) is 5.91 Å². The molecule has 2 aromatic rings. The van der Waals surface area contributed by atoms with E-state index in [1.54, 1.807) is 40.5 Å². The second kappa shape index (κ2) is 6.62. The second-order valence-corrected chi connectivity index (χ2v) is 5.94. The Morgan fingerprint density at radius 1 is 1.14 bits per heavy atom. The molecule has 22 heavy (non-hydrogen) atoms. The smallest absolute Gasteiger partial charge is 0.316 e. The van der Waals surface area contributed by atoms with Crippen LogP contribution in [0.2, 0.25) is 0 Å². The maximum absolute atomic E-state index is 12.3. The number of hydrogen-bond acceptors (Lipinski definition) is 3. The highest BCUT2D eigenvalue weighted by Gasteiger charge is 2.30. The minimum absolute atomic E-state index is 0.0971. The topological polar surface area (TPSA) is 61.4 Å². The van der Waals surface area contributed by atoms with Crippen molar-refractivity contribution >= 4 is 23.3 Å². The lowest BCUT2D eigenvalue weighted by Gasteiger charge is -2.24. The zero-order chi connectivity index (χ0) is 15.4. The highest BCUT2D eigenvalue weighted by atomic mass is 32.1. The van der Waals surface area contributed by atoms with E-state index in [0.717, 1.165) is 18.4 Å². The summed E-state index contributed by atoms with van der Waals surface area (Å²) in [5.74, 6) is -0.319. The summed E-state index contributed by atoms with van der Waals surface area (Å²) in [5.41, 5.74) is 6.64. The Hall–Kier alpha value is -2.34. The predicted molar refractivity (Wildman–Crippen MR) is 85.4 cm³/mol.